The molecule has 35 heavy (non-hydrogen) atoms. The van der Waals surface area contributed by atoms with Crippen molar-refractivity contribution < 1.29 is 19.0 Å². The Labute approximate surface area is 207 Å². The van der Waals surface area contributed by atoms with Crippen LogP contribution >= 0.6 is 11.8 Å². The zero-order valence-corrected chi connectivity index (χ0v) is 20.3. The lowest BCUT2D eigenvalue weighted by Crippen LogP contribution is -2.41. The van der Waals surface area contributed by atoms with Crippen LogP contribution in [-0.4, -0.2) is 59.6 Å². The van der Waals surface area contributed by atoms with Gasteiger partial charge in [-0.05, 0) is 49.1 Å². The van der Waals surface area contributed by atoms with E-state index in [1.807, 2.05) is 35.2 Å². The molecule has 1 amide bonds. The molecule has 2 aliphatic heterocycles. The smallest absolute Gasteiger partial charge is 0.235 e. The molecule has 2 aliphatic rings. The average molecular weight is 498 g/mol. The van der Waals surface area contributed by atoms with Crippen LogP contribution in [0.15, 0.2) is 41.4 Å². The number of nitrogens with one attached hydrogen (secondary N) is 2. The van der Waals surface area contributed by atoms with Crippen LogP contribution in [0.1, 0.15) is 18.5 Å². The number of ether oxygens (including phenoxy) is 1. The molecule has 3 aromatic rings. The molecule has 0 aliphatic carbocycles. The van der Waals surface area contributed by atoms with Crippen LogP contribution in [0, 0.1) is 11.7 Å². The lowest BCUT2D eigenvalue weighted by molar-refractivity contribution is -0.113. The van der Waals surface area contributed by atoms with Gasteiger partial charge >= 0.3 is 0 Å². The number of carbonyl (C=O) groups excluding carboxylic acids is 1. The molecule has 2 aromatic heterocycles. The van der Waals surface area contributed by atoms with E-state index in [0.717, 1.165) is 34.3 Å². The van der Waals surface area contributed by atoms with Gasteiger partial charge in [0.05, 0.1) is 47.0 Å². The number of hydrogen-bond acceptors (Lipinski definition) is 8. The molecule has 4 heterocycles. The Bertz CT molecular complexity index is 1240. The largest absolute Gasteiger partial charge is 0.497 e. The third-order valence-electron chi connectivity index (χ3n) is 6.59. The summed E-state index contributed by atoms with van der Waals surface area (Å²) in [4.78, 5) is 23.3. The van der Waals surface area contributed by atoms with Crippen LogP contribution in [0.25, 0.3) is 10.9 Å². The Kier molecular flexibility index (Phi) is 7.03. The van der Waals surface area contributed by atoms with Gasteiger partial charge in [0.2, 0.25) is 5.91 Å². The highest BCUT2D eigenvalue weighted by atomic mass is 32.2. The van der Waals surface area contributed by atoms with Crippen molar-refractivity contribution in [3.05, 3.63) is 48.0 Å². The van der Waals surface area contributed by atoms with Crippen molar-refractivity contribution in [2.75, 3.05) is 42.7 Å². The molecule has 1 fully saturated rings. The van der Waals surface area contributed by atoms with Gasteiger partial charge in [-0.1, -0.05) is 0 Å². The minimum atomic E-state index is -0.510. The van der Waals surface area contributed by atoms with Crippen molar-refractivity contribution in [1.82, 2.24) is 15.3 Å². The van der Waals surface area contributed by atoms with Gasteiger partial charge in [-0.3, -0.25) is 9.78 Å². The molecule has 1 atom stereocenters. The topological polar surface area (TPSA) is 99.6 Å². The van der Waals surface area contributed by atoms with Crippen molar-refractivity contribution in [2.24, 2.45) is 5.92 Å². The third-order valence-corrected chi connectivity index (χ3v) is 7.64. The summed E-state index contributed by atoms with van der Waals surface area (Å²) in [6.45, 7) is 2.24. The molecule has 0 spiro atoms. The van der Waals surface area contributed by atoms with Gasteiger partial charge in [-0.15, -0.1) is 11.8 Å². The number of aromatic nitrogens is 2. The molecule has 0 saturated carbocycles. The molecule has 8 nitrogen and oxygen atoms in total. The van der Waals surface area contributed by atoms with E-state index in [0.29, 0.717) is 49.2 Å². The number of aliphatic hydroxyl groups excluding tert-OH is 1. The number of fused-ring (bicyclic) bond motifs is 2. The molecule has 0 bridgehead atoms. The highest BCUT2D eigenvalue weighted by Gasteiger charge is 2.27. The van der Waals surface area contributed by atoms with E-state index in [1.54, 1.807) is 7.11 Å². The van der Waals surface area contributed by atoms with Crippen LogP contribution in [0.4, 0.5) is 15.9 Å². The number of halogens is 1. The first kappa shape index (κ1) is 23.8. The molecule has 5 rings (SSSR count). The van der Waals surface area contributed by atoms with Crippen molar-refractivity contribution in [2.45, 2.75) is 30.4 Å². The summed E-state index contributed by atoms with van der Waals surface area (Å²) in [5, 5.41) is 17.6. The zero-order chi connectivity index (χ0) is 24.4. The van der Waals surface area contributed by atoms with Crippen molar-refractivity contribution in [3.63, 3.8) is 0 Å². The van der Waals surface area contributed by atoms with E-state index >= 15 is 0 Å². The molecular weight excluding hydrogens is 469 g/mol. The van der Waals surface area contributed by atoms with Gasteiger partial charge in [0.15, 0.2) is 5.82 Å². The number of nitrogens with zero attached hydrogens (tertiary/aromatic N) is 3. The summed E-state index contributed by atoms with van der Waals surface area (Å²) in [6.07, 6.45) is 2.28. The summed E-state index contributed by atoms with van der Waals surface area (Å²) in [6, 6.07) is 9.38. The minimum Gasteiger partial charge on any atom is -0.497 e. The summed E-state index contributed by atoms with van der Waals surface area (Å²) in [5.41, 5.74) is 2.08. The van der Waals surface area contributed by atoms with Gasteiger partial charge in [0.1, 0.15) is 11.6 Å². The molecule has 1 saturated heterocycles. The van der Waals surface area contributed by atoms with Crippen LogP contribution < -0.4 is 20.3 Å². The van der Waals surface area contributed by atoms with E-state index in [4.69, 9.17) is 4.74 Å². The van der Waals surface area contributed by atoms with Crippen LogP contribution in [0.3, 0.4) is 0 Å². The Hall–Kier alpha value is -2.95. The first-order chi connectivity index (χ1) is 17.0. The maximum atomic E-state index is 14.8. The SMILES string of the molecule is COc1ccc2ncc(F)c(N3CCC(C(O)CNCc4ccc5c(n4)NC(=O)CS5)CC3)c2c1. The molecule has 10 heteroatoms. The molecule has 0 radical (unpaired) electrons. The minimum absolute atomic E-state index is 0.0411. The van der Waals surface area contributed by atoms with Gasteiger partial charge in [0.25, 0.3) is 0 Å². The predicted molar refractivity (Wildman–Crippen MR) is 134 cm³/mol. The number of methoxy groups -OCH3 is 1. The Morgan fingerprint density at radius 3 is 2.94 bits per heavy atom. The molecular formula is C25H28FN5O3S. The van der Waals surface area contributed by atoms with Crippen LogP contribution in [0.2, 0.25) is 0 Å². The predicted octanol–water partition coefficient (Wildman–Crippen LogP) is 3.19. The summed E-state index contributed by atoms with van der Waals surface area (Å²) >= 11 is 1.48. The first-order valence-corrected chi connectivity index (χ1v) is 12.7. The molecule has 1 aromatic carbocycles. The summed E-state index contributed by atoms with van der Waals surface area (Å²) < 4.78 is 20.1. The van der Waals surface area contributed by atoms with Gasteiger partial charge in [-0.25, -0.2) is 9.37 Å². The average Bonchev–Trinajstić information content (AvgIpc) is 2.88. The number of benzene rings is 1. The van der Waals surface area contributed by atoms with E-state index in [9.17, 15) is 14.3 Å². The van der Waals surface area contributed by atoms with Gasteiger partial charge < -0.3 is 25.4 Å². The lowest BCUT2D eigenvalue weighted by atomic mass is 9.90. The fraction of sp³-hybridized carbons (Fsp3) is 0.400. The quantitative estimate of drug-likeness (QED) is 0.458. The second-order valence-electron chi connectivity index (χ2n) is 8.85. The van der Waals surface area contributed by atoms with E-state index in [-0.39, 0.29) is 17.6 Å². The number of hydrogen-bond donors (Lipinski definition) is 3. The van der Waals surface area contributed by atoms with Crippen LogP contribution in [-0.2, 0) is 11.3 Å². The number of piperidine rings is 1. The number of amides is 1. The Balaban J connectivity index is 1.16. The fourth-order valence-corrected chi connectivity index (χ4v) is 5.46. The molecule has 1 unspecified atom stereocenters. The number of rotatable bonds is 7. The monoisotopic (exact) mass is 497 g/mol. The third kappa shape index (κ3) is 5.19. The van der Waals surface area contributed by atoms with Crippen molar-refractivity contribution in [1.29, 1.82) is 0 Å². The van der Waals surface area contributed by atoms with Gasteiger partial charge in [-0.2, -0.15) is 0 Å². The van der Waals surface area contributed by atoms with E-state index in [1.165, 1.54) is 18.0 Å². The maximum Gasteiger partial charge on any atom is 0.235 e. The highest BCUT2D eigenvalue weighted by molar-refractivity contribution is 8.00. The highest BCUT2D eigenvalue weighted by Crippen LogP contribution is 2.34. The Morgan fingerprint density at radius 2 is 2.14 bits per heavy atom. The first-order valence-electron chi connectivity index (χ1n) is 11.7. The van der Waals surface area contributed by atoms with Crippen LogP contribution in [0.5, 0.6) is 5.75 Å². The van der Waals surface area contributed by atoms with Crippen molar-refractivity contribution >= 4 is 40.1 Å². The number of aliphatic hydroxyl groups is 1. The maximum absolute atomic E-state index is 14.8. The second-order valence-corrected chi connectivity index (χ2v) is 9.86. The normalized spacial score (nSPS) is 17.2. The number of anilines is 2. The number of pyridine rings is 2. The number of thioether (sulfide) groups is 1. The van der Waals surface area contributed by atoms with Crippen molar-refractivity contribution in [3.8, 4) is 5.75 Å². The fourth-order valence-electron chi connectivity index (χ4n) is 4.71. The Morgan fingerprint density at radius 1 is 1.31 bits per heavy atom. The van der Waals surface area contributed by atoms with Gasteiger partial charge in [0, 0.05) is 31.6 Å². The second kappa shape index (κ2) is 10.3. The lowest BCUT2D eigenvalue weighted by Gasteiger charge is -2.36. The zero-order valence-electron chi connectivity index (χ0n) is 19.5. The number of carbonyl (C=O) groups is 1. The summed E-state index contributed by atoms with van der Waals surface area (Å²) in [7, 11) is 1.59. The summed E-state index contributed by atoms with van der Waals surface area (Å²) in [5.74, 6) is 1.41. The molecule has 184 valence electrons. The van der Waals surface area contributed by atoms with E-state index in [2.05, 4.69) is 20.6 Å². The van der Waals surface area contributed by atoms with E-state index < -0.39 is 6.10 Å². The molecule has 3 N–H and O–H groups in total. The standard InChI is InChI=1S/C25H28FN5O3S/c1-34-17-3-4-20-18(10-17)24(19(26)12-28-20)31-8-6-15(7-9-31)21(32)13-27-11-16-2-5-22-25(29-16)30-23(33)14-35-22/h2-5,10,12,15,21,27,32H,6-9,11,13-14H2,1H3,(H,29,30,33).